The lowest BCUT2D eigenvalue weighted by molar-refractivity contribution is -0.0421. The van der Waals surface area contributed by atoms with Crippen molar-refractivity contribution >= 4 is 12.0 Å². The molecule has 2 rings (SSSR count). The van der Waals surface area contributed by atoms with Crippen LogP contribution in [0.4, 0.5) is 10.1 Å². The number of carbonyl (C=O) groups is 1. The van der Waals surface area contributed by atoms with Crippen molar-refractivity contribution in [1.29, 1.82) is 0 Å². The first kappa shape index (κ1) is 13.0. The Labute approximate surface area is 105 Å². The summed E-state index contributed by atoms with van der Waals surface area (Å²) in [5.74, 6) is -0.430. The van der Waals surface area contributed by atoms with E-state index < -0.39 is 5.82 Å². The number of rotatable bonds is 3. The molecule has 0 saturated carbocycles. The van der Waals surface area contributed by atoms with Crippen molar-refractivity contribution in [3.05, 3.63) is 29.6 Å². The van der Waals surface area contributed by atoms with Crippen LogP contribution < -0.4 is 4.90 Å². The van der Waals surface area contributed by atoms with Crippen molar-refractivity contribution < 1.29 is 19.0 Å². The first-order valence-corrected chi connectivity index (χ1v) is 5.90. The molecule has 98 valence electrons. The molecule has 2 atom stereocenters. The number of aldehydes is 1. The van der Waals surface area contributed by atoms with Crippen LogP contribution in [0.25, 0.3) is 0 Å². The standard InChI is InChI=1S/C13H16FNO3/c1-9-5-15(6-12(8-17)18-9)13-3-2-11(14)4-10(13)7-16/h2-4,7,9,12,17H,5-6,8H2,1H3. The van der Waals surface area contributed by atoms with E-state index in [4.69, 9.17) is 9.84 Å². The van der Waals surface area contributed by atoms with Gasteiger partial charge in [-0.3, -0.25) is 4.79 Å². The summed E-state index contributed by atoms with van der Waals surface area (Å²) in [4.78, 5) is 12.9. The predicted octanol–water partition coefficient (Wildman–Crippen LogP) is 1.22. The lowest BCUT2D eigenvalue weighted by atomic mass is 10.1. The second-order valence-electron chi connectivity index (χ2n) is 4.48. The van der Waals surface area contributed by atoms with Gasteiger partial charge in [-0.2, -0.15) is 0 Å². The average Bonchev–Trinajstić information content (AvgIpc) is 2.37. The molecule has 1 N–H and O–H groups in total. The molecule has 1 aromatic carbocycles. The maximum Gasteiger partial charge on any atom is 0.152 e. The Morgan fingerprint density at radius 1 is 1.56 bits per heavy atom. The first-order valence-electron chi connectivity index (χ1n) is 5.90. The fourth-order valence-corrected chi connectivity index (χ4v) is 2.25. The summed E-state index contributed by atoms with van der Waals surface area (Å²) >= 11 is 0. The summed E-state index contributed by atoms with van der Waals surface area (Å²) in [6, 6.07) is 4.14. The fourth-order valence-electron chi connectivity index (χ4n) is 2.25. The Balaban J connectivity index is 2.27. The number of anilines is 1. The second-order valence-corrected chi connectivity index (χ2v) is 4.48. The van der Waals surface area contributed by atoms with Gasteiger partial charge in [0.1, 0.15) is 5.82 Å². The van der Waals surface area contributed by atoms with Crippen LogP contribution in [-0.2, 0) is 4.74 Å². The van der Waals surface area contributed by atoms with Crippen molar-refractivity contribution in [1.82, 2.24) is 0 Å². The summed E-state index contributed by atoms with van der Waals surface area (Å²) in [6.07, 6.45) is 0.325. The van der Waals surface area contributed by atoms with E-state index in [-0.39, 0.29) is 18.8 Å². The molecule has 1 aliphatic heterocycles. The molecule has 1 aromatic rings. The molecule has 0 aromatic heterocycles. The molecule has 1 heterocycles. The highest BCUT2D eigenvalue weighted by Crippen LogP contribution is 2.24. The van der Waals surface area contributed by atoms with E-state index in [1.54, 1.807) is 6.07 Å². The van der Waals surface area contributed by atoms with Gasteiger partial charge in [-0.1, -0.05) is 0 Å². The number of nitrogens with zero attached hydrogens (tertiary/aromatic N) is 1. The van der Waals surface area contributed by atoms with Crippen LogP contribution >= 0.6 is 0 Å². The Hall–Kier alpha value is -1.46. The second kappa shape index (κ2) is 5.46. The number of benzene rings is 1. The van der Waals surface area contributed by atoms with Crippen LogP contribution in [0.15, 0.2) is 18.2 Å². The molecule has 1 fully saturated rings. The molecule has 1 aliphatic rings. The molecular weight excluding hydrogens is 237 g/mol. The average molecular weight is 253 g/mol. The van der Waals surface area contributed by atoms with Crippen molar-refractivity contribution in [2.75, 3.05) is 24.6 Å². The van der Waals surface area contributed by atoms with Gasteiger partial charge in [-0.05, 0) is 25.1 Å². The van der Waals surface area contributed by atoms with E-state index >= 15 is 0 Å². The van der Waals surface area contributed by atoms with Crippen molar-refractivity contribution in [2.45, 2.75) is 19.1 Å². The largest absolute Gasteiger partial charge is 0.394 e. The lowest BCUT2D eigenvalue weighted by Gasteiger charge is -2.38. The van der Waals surface area contributed by atoms with E-state index in [0.29, 0.717) is 30.6 Å². The number of morpholine rings is 1. The molecular formula is C13H16FNO3. The van der Waals surface area contributed by atoms with Gasteiger partial charge in [0.2, 0.25) is 0 Å². The van der Waals surface area contributed by atoms with E-state index in [0.717, 1.165) is 0 Å². The molecule has 0 bridgehead atoms. The van der Waals surface area contributed by atoms with Crippen LogP contribution in [0.3, 0.4) is 0 Å². The number of carbonyl (C=O) groups excluding carboxylic acids is 1. The molecule has 0 spiro atoms. The van der Waals surface area contributed by atoms with E-state index in [9.17, 15) is 9.18 Å². The number of ether oxygens (including phenoxy) is 1. The number of halogens is 1. The molecule has 0 amide bonds. The summed E-state index contributed by atoms with van der Waals surface area (Å²) in [5.41, 5.74) is 1.00. The van der Waals surface area contributed by atoms with Gasteiger partial charge >= 0.3 is 0 Å². The smallest absolute Gasteiger partial charge is 0.152 e. The molecule has 18 heavy (non-hydrogen) atoms. The van der Waals surface area contributed by atoms with Crippen LogP contribution in [0, 0.1) is 5.82 Å². The van der Waals surface area contributed by atoms with Crippen molar-refractivity contribution in [2.24, 2.45) is 0 Å². The predicted molar refractivity (Wildman–Crippen MR) is 65.4 cm³/mol. The highest BCUT2D eigenvalue weighted by molar-refractivity contribution is 5.84. The van der Waals surface area contributed by atoms with E-state index in [2.05, 4.69) is 0 Å². The van der Waals surface area contributed by atoms with Crippen LogP contribution in [0.1, 0.15) is 17.3 Å². The normalized spacial score (nSPS) is 24.1. The van der Waals surface area contributed by atoms with Gasteiger partial charge in [0.05, 0.1) is 18.8 Å². The Morgan fingerprint density at radius 3 is 3.00 bits per heavy atom. The van der Waals surface area contributed by atoms with Crippen LogP contribution in [-0.4, -0.2) is 43.3 Å². The number of hydrogen-bond acceptors (Lipinski definition) is 4. The minimum atomic E-state index is -0.430. The Morgan fingerprint density at radius 2 is 2.33 bits per heavy atom. The SMILES string of the molecule is CC1CN(c2ccc(F)cc2C=O)CC(CO)O1. The van der Waals surface area contributed by atoms with Gasteiger partial charge in [-0.25, -0.2) is 4.39 Å². The zero-order valence-electron chi connectivity index (χ0n) is 10.2. The molecule has 4 nitrogen and oxygen atoms in total. The molecule has 0 aliphatic carbocycles. The minimum absolute atomic E-state index is 0.0412. The Kier molecular flexibility index (Phi) is 3.93. The zero-order chi connectivity index (χ0) is 13.1. The molecule has 1 saturated heterocycles. The topological polar surface area (TPSA) is 49.8 Å². The summed E-state index contributed by atoms with van der Waals surface area (Å²) < 4.78 is 18.6. The van der Waals surface area contributed by atoms with Gasteiger partial charge in [0, 0.05) is 24.3 Å². The van der Waals surface area contributed by atoms with Crippen LogP contribution in [0.2, 0.25) is 0 Å². The maximum absolute atomic E-state index is 13.1. The van der Waals surface area contributed by atoms with E-state index in [1.807, 2.05) is 11.8 Å². The third-order valence-electron chi connectivity index (χ3n) is 2.99. The third-order valence-corrected chi connectivity index (χ3v) is 2.99. The summed E-state index contributed by atoms with van der Waals surface area (Å²) in [7, 11) is 0. The Bertz CT molecular complexity index is 438. The molecule has 2 unspecified atom stereocenters. The number of aliphatic hydroxyl groups excluding tert-OH is 1. The van der Waals surface area contributed by atoms with E-state index in [1.165, 1.54) is 12.1 Å². The highest BCUT2D eigenvalue weighted by Gasteiger charge is 2.26. The monoisotopic (exact) mass is 253 g/mol. The quantitative estimate of drug-likeness (QED) is 0.823. The molecule has 0 radical (unpaired) electrons. The van der Waals surface area contributed by atoms with Crippen LogP contribution in [0.5, 0.6) is 0 Å². The maximum atomic E-state index is 13.1. The van der Waals surface area contributed by atoms with Crippen molar-refractivity contribution in [3.8, 4) is 0 Å². The number of hydrogen-bond donors (Lipinski definition) is 1. The molecule has 5 heteroatoms. The number of aliphatic hydroxyl groups is 1. The third kappa shape index (κ3) is 2.68. The van der Waals surface area contributed by atoms with Gasteiger partial charge in [-0.15, -0.1) is 0 Å². The highest BCUT2D eigenvalue weighted by atomic mass is 19.1. The minimum Gasteiger partial charge on any atom is -0.394 e. The summed E-state index contributed by atoms with van der Waals surface area (Å²) in [6.45, 7) is 2.94. The van der Waals surface area contributed by atoms with Gasteiger partial charge < -0.3 is 14.7 Å². The summed E-state index contributed by atoms with van der Waals surface area (Å²) in [5, 5.41) is 9.16. The lowest BCUT2D eigenvalue weighted by Crippen LogP contribution is -2.48. The van der Waals surface area contributed by atoms with Gasteiger partial charge in [0.25, 0.3) is 0 Å². The fraction of sp³-hybridized carbons (Fsp3) is 0.462. The van der Waals surface area contributed by atoms with Crippen molar-refractivity contribution in [3.63, 3.8) is 0 Å². The zero-order valence-corrected chi connectivity index (χ0v) is 10.2. The first-order chi connectivity index (χ1) is 8.63. The van der Waals surface area contributed by atoms with Gasteiger partial charge in [0.15, 0.2) is 6.29 Å².